The Kier molecular flexibility index (Phi) is 4.08. The average Bonchev–Trinajstić information content (AvgIpc) is 2.88. The highest BCUT2D eigenvalue weighted by Gasteiger charge is 2.32. The molecule has 0 spiro atoms. The van der Waals surface area contributed by atoms with Gasteiger partial charge in [0, 0.05) is 27.3 Å². The van der Waals surface area contributed by atoms with Gasteiger partial charge in [-0.2, -0.15) is 0 Å². The summed E-state index contributed by atoms with van der Waals surface area (Å²) in [4.78, 5) is 4.54. The Morgan fingerprint density at radius 2 is 2.25 bits per heavy atom. The van der Waals surface area contributed by atoms with Crippen molar-refractivity contribution in [3.05, 3.63) is 62.8 Å². The summed E-state index contributed by atoms with van der Waals surface area (Å²) in [7, 11) is 0. The molecule has 104 valence electrons. The molecule has 0 fully saturated rings. The van der Waals surface area contributed by atoms with E-state index < -0.39 is 0 Å². The van der Waals surface area contributed by atoms with E-state index in [1.807, 2.05) is 30.5 Å². The van der Waals surface area contributed by atoms with Crippen molar-refractivity contribution in [2.24, 2.45) is 5.84 Å². The molecule has 3 N–H and O–H groups in total. The summed E-state index contributed by atoms with van der Waals surface area (Å²) in [6.45, 7) is 0. The van der Waals surface area contributed by atoms with Crippen LogP contribution in [-0.4, -0.2) is 4.98 Å². The summed E-state index contributed by atoms with van der Waals surface area (Å²) in [5, 5.41) is 0.723. The third-order valence-electron chi connectivity index (χ3n) is 3.88. The molecule has 0 saturated carbocycles. The van der Waals surface area contributed by atoms with Crippen LogP contribution in [0, 0.1) is 0 Å². The summed E-state index contributed by atoms with van der Waals surface area (Å²) in [5.74, 6) is 6.06. The van der Waals surface area contributed by atoms with Gasteiger partial charge in [0.2, 0.25) is 0 Å². The van der Waals surface area contributed by atoms with Crippen LogP contribution in [0.4, 0.5) is 0 Å². The van der Waals surface area contributed by atoms with Crippen LogP contribution in [-0.2, 0) is 6.42 Å². The van der Waals surface area contributed by atoms with Gasteiger partial charge < -0.3 is 0 Å². The van der Waals surface area contributed by atoms with E-state index in [1.54, 1.807) is 0 Å². The molecule has 2 unspecified atom stereocenters. The van der Waals surface area contributed by atoms with Crippen LogP contribution in [0.5, 0.6) is 0 Å². The largest absolute Gasteiger partial charge is 0.271 e. The summed E-state index contributed by atoms with van der Waals surface area (Å²) in [5.41, 5.74) is 6.37. The average molecular weight is 353 g/mol. The summed E-state index contributed by atoms with van der Waals surface area (Å²) in [6.07, 6.45) is 3.91. The first kappa shape index (κ1) is 14.0. The van der Waals surface area contributed by atoms with E-state index in [9.17, 15) is 0 Å². The standard InChI is InChI=1S/C15H15BrClN3/c16-10-4-6-13(17)12(8-10)15(20-18)11-5-3-9-2-1-7-19-14(9)11/h1-2,4,6-8,11,15,20H,3,5,18H2. The molecule has 1 aromatic carbocycles. The van der Waals surface area contributed by atoms with Crippen molar-refractivity contribution in [1.29, 1.82) is 0 Å². The molecule has 1 aliphatic rings. The van der Waals surface area contributed by atoms with Crippen LogP contribution in [0.15, 0.2) is 41.0 Å². The number of pyridine rings is 1. The highest BCUT2D eigenvalue weighted by atomic mass is 79.9. The predicted molar refractivity (Wildman–Crippen MR) is 84.5 cm³/mol. The lowest BCUT2D eigenvalue weighted by molar-refractivity contribution is 0.447. The molecule has 1 aliphatic carbocycles. The Labute approximate surface area is 131 Å². The molecule has 3 rings (SSSR count). The number of hydrogen-bond donors (Lipinski definition) is 2. The molecule has 3 nitrogen and oxygen atoms in total. The van der Waals surface area contributed by atoms with Crippen molar-refractivity contribution in [2.45, 2.75) is 24.8 Å². The van der Waals surface area contributed by atoms with Gasteiger partial charge in [-0.15, -0.1) is 0 Å². The third kappa shape index (κ3) is 2.49. The maximum atomic E-state index is 6.34. The summed E-state index contributed by atoms with van der Waals surface area (Å²) in [6, 6.07) is 9.93. The Morgan fingerprint density at radius 3 is 3.05 bits per heavy atom. The van der Waals surface area contributed by atoms with E-state index in [0.29, 0.717) is 0 Å². The van der Waals surface area contributed by atoms with Crippen molar-refractivity contribution in [3.8, 4) is 0 Å². The van der Waals surface area contributed by atoms with Gasteiger partial charge in [-0.25, -0.2) is 0 Å². The molecule has 2 atom stereocenters. The second-order valence-electron chi connectivity index (χ2n) is 5.00. The van der Waals surface area contributed by atoms with E-state index >= 15 is 0 Å². The maximum absolute atomic E-state index is 6.34. The fourth-order valence-electron chi connectivity index (χ4n) is 2.94. The zero-order chi connectivity index (χ0) is 14.1. The molecule has 0 radical (unpaired) electrons. The number of rotatable bonds is 3. The van der Waals surface area contributed by atoms with Crippen LogP contribution in [0.1, 0.15) is 35.2 Å². The molecular formula is C15H15BrClN3. The minimum absolute atomic E-state index is 0.0313. The van der Waals surface area contributed by atoms with E-state index in [1.165, 1.54) is 5.56 Å². The van der Waals surface area contributed by atoms with Crippen LogP contribution in [0.25, 0.3) is 0 Å². The van der Waals surface area contributed by atoms with E-state index in [2.05, 4.69) is 32.4 Å². The number of nitrogens with one attached hydrogen (secondary N) is 1. The van der Waals surface area contributed by atoms with Crippen LogP contribution in [0.2, 0.25) is 5.02 Å². The monoisotopic (exact) mass is 351 g/mol. The summed E-state index contributed by atoms with van der Waals surface area (Å²) < 4.78 is 0.997. The second kappa shape index (κ2) is 5.82. The molecule has 0 saturated heterocycles. The third-order valence-corrected chi connectivity index (χ3v) is 4.71. The second-order valence-corrected chi connectivity index (χ2v) is 6.33. The molecule has 1 heterocycles. The Morgan fingerprint density at radius 1 is 1.40 bits per heavy atom. The Balaban J connectivity index is 2.01. The fourth-order valence-corrected chi connectivity index (χ4v) is 3.56. The number of nitrogens with zero attached hydrogens (tertiary/aromatic N) is 1. The number of fused-ring (bicyclic) bond motifs is 1. The van der Waals surface area contributed by atoms with Crippen LogP contribution >= 0.6 is 27.5 Å². The van der Waals surface area contributed by atoms with Crippen LogP contribution < -0.4 is 11.3 Å². The summed E-state index contributed by atoms with van der Waals surface area (Å²) >= 11 is 9.83. The zero-order valence-corrected chi connectivity index (χ0v) is 13.2. The molecule has 5 heteroatoms. The predicted octanol–water partition coefficient (Wildman–Crippen LogP) is 3.73. The highest BCUT2D eigenvalue weighted by molar-refractivity contribution is 9.10. The molecule has 0 bridgehead atoms. The van der Waals surface area contributed by atoms with Gasteiger partial charge in [-0.3, -0.25) is 16.3 Å². The van der Waals surface area contributed by atoms with Gasteiger partial charge in [0.1, 0.15) is 0 Å². The Bertz CT molecular complexity index is 632. The lowest BCUT2D eigenvalue weighted by atomic mass is 9.91. The quantitative estimate of drug-likeness (QED) is 0.653. The maximum Gasteiger partial charge on any atom is 0.0558 e. The molecular weight excluding hydrogens is 338 g/mol. The van der Waals surface area contributed by atoms with Gasteiger partial charge in [-0.05, 0) is 48.2 Å². The van der Waals surface area contributed by atoms with Gasteiger partial charge in [0.05, 0.1) is 6.04 Å². The minimum atomic E-state index is -0.0313. The van der Waals surface area contributed by atoms with Gasteiger partial charge >= 0.3 is 0 Å². The molecule has 20 heavy (non-hydrogen) atoms. The van der Waals surface area contributed by atoms with Crippen molar-refractivity contribution in [2.75, 3.05) is 0 Å². The van der Waals surface area contributed by atoms with Crippen molar-refractivity contribution < 1.29 is 0 Å². The minimum Gasteiger partial charge on any atom is -0.271 e. The first-order valence-electron chi connectivity index (χ1n) is 6.55. The molecule has 2 aromatic rings. The zero-order valence-electron chi connectivity index (χ0n) is 10.8. The molecule has 0 amide bonds. The first-order valence-corrected chi connectivity index (χ1v) is 7.72. The van der Waals surface area contributed by atoms with Gasteiger partial charge in [0.25, 0.3) is 0 Å². The van der Waals surface area contributed by atoms with E-state index in [0.717, 1.165) is 33.6 Å². The number of benzene rings is 1. The van der Waals surface area contributed by atoms with E-state index in [-0.39, 0.29) is 12.0 Å². The number of hydrogen-bond acceptors (Lipinski definition) is 3. The Hall–Kier alpha value is -0.940. The molecule has 1 aromatic heterocycles. The smallest absolute Gasteiger partial charge is 0.0558 e. The lowest BCUT2D eigenvalue weighted by Crippen LogP contribution is -2.32. The normalized spacial score (nSPS) is 18.9. The van der Waals surface area contributed by atoms with Gasteiger partial charge in [-0.1, -0.05) is 33.6 Å². The van der Waals surface area contributed by atoms with E-state index in [4.69, 9.17) is 17.4 Å². The van der Waals surface area contributed by atoms with Crippen molar-refractivity contribution in [3.63, 3.8) is 0 Å². The SMILES string of the molecule is NNC(c1cc(Br)ccc1Cl)C1CCc2cccnc21. The number of nitrogens with two attached hydrogens (primary N) is 1. The number of halogens is 2. The topological polar surface area (TPSA) is 50.9 Å². The number of hydrazine groups is 1. The lowest BCUT2D eigenvalue weighted by Gasteiger charge is -2.24. The van der Waals surface area contributed by atoms with Crippen molar-refractivity contribution in [1.82, 2.24) is 10.4 Å². The number of aryl methyl sites for hydroxylation is 1. The first-order chi connectivity index (χ1) is 9.70. The molecule has 0 aliphatic heterocycles. The highest BCUT2D eigenvalue weighted by Crippen LogP contribution is 2.42. The van der Waals surface area contributed by atoms with Crippen molar-refractivity contribution >= 4 is 27.5 Å². The van der Waals surface area contributed by atoms with Gasteiger partial charge in [0.15, 0.2) is 0 Å². The number of aromatic nitrogens is 1. The fraction of sp³-hybridized carbons (Fsp3) is 0.267. The van der Waals surface area contributed by atoms with Crippen LogP contribution in [0.3, 0.4) is 0 Å².